The second-order valence-corrected chi connectivity index (χ2v) is 5.57. The predicted molar refractivity (Wildman–Crippen MR) is 80.8 cm³/mol. The Balaban J connectivity index is 2.15. The molecule has 0 unspecified atom stereocenters. The van der Waals surface area contributed by atoms with Gasteiger partial charge in [-0.2, -0.15) is 5.26 Å². The molecule has 0 saturated heterocycles. The molecule has 3 nitrogen and oxygen atoms in total. The van der Waals surface area contributed by atoms with Crippen molar-refractivity contribution in [2.75, 3.05) is 5.75 Å². The van der Waals surface area contributed by atoms with E-state index >= 15 is 0 Å². The molecule has 0 amide bonds. The zero-order valence-corrected chi connectivity index (χ0v) is 12.4. The van der Waals surface area contributed by atoms with Crippen LogP contribution in [0.4, 0.5) is 0 Å². The van der Waals surface area contributed by atoms with E-state index in [-0.39, 0.29) is 5.75 Å². The van der Waals surface area contributed by atoms with Crippen molar-refractivity contribution in [1.82, 2.24) is 0 Å². The average molecular weight is 306 g/mol. The van der Waals surface area contributed by atoms with Gasteiger partial charge in [-0.15, -0.1) is 11.8 Å². The van der Waals surface area contributed by atoms with Crippen molar-refractivity contribution in [1.29, 1.82) is 5.26 Å². The lowest BCUT2D eigenvalue weighted by molar-refractivity contribution is -0.142. The summed E-state index contributed by atoms with van der Waals surface area (Å²) in [7, 11) is 0. The Hall–Kier alpha value is -1.70. The molecule has 0 aromatic heterocycles. The van der Waals surface area contributed by atoms with E-state index in [1.165, 1.54) is 18.7 Å². The highest BCUT2D eigenvalue weighted by atomic mass is 35.5. The van der Waals surface area contributed by atoms with Gasteiger partial charge in [-0.1, -0.05) is 35.9 Å². The number of hydrogen-bond acceptors (Lipinski definition) is 4. The molecule has 0 aliphatic carbocycles. The minimum Gasteiger partial charge on any atom is -0.447 e. The topological polar surface area (TPSA) is 50.1 Å². The van der Waals surface area contributed by atoms with Gasteiger partial charge in [0.25, 0.3) is 0 Å². The van der Waals surface area contributed by atoms with Crippen molar-refractivity contribution < 1.29 is 9.53 Å². The van der Waals surface area contributed by atoms with Gasteiger partial charge in [0, 0.05) is 15.3 Å². The minimum atomic E-state index is -0.723. The first-order chi connectivity index (χ1) is 9.61. The Morgan fingerprint density at radius 3 is 2.80 bits per heavy atom. The molecule has 5 heteroatoms. The Morgan fingerprint density at radius 2 is 2.10 bits per heavy atom. The summed E-state index contributed by atoms with van der Waals surface area (Å²) in [5, 5.41) is 11.2. The number of hydrogen-bond donors (Lipinski definition) is 0. The van der Waals surface area contributed by atoms with E-state index < -0.39 is 12.1 Å². The van der Waals surface area contributed by atoms with Crippen LogP contribution in [-0.2, 0) is 9.53 Å². The fourth-order valence-corrected chi connectivity index (χ4v) is 3.00. The number of fused-ring (bicyclic) bond motifs is 1. The maximum absolute atomic E-state index is 11.6. The third kappa shape index (κ3) is 3.44. The molecule has 0 bridgehead atoms. The summed E-state index contributed by atoms with van der Waals surface area (Å²) in [6.45, 7) is 1.54. The first kappa shape index (κ1) is 14.7. The molecule has 2 rings (SSSR count). The summed E-state index contributed by atoms with van der Waals surface area (Å²) < 4.78 is 4.91. The highest BCUT2D eigenvalue weighted by molar-refractivity contribution is 8.00. The van der Waals surface area contributed by atoms with Gasteiger partial charge >= 0.3 is 5.97 Å². The number of ether oxygens (including phenoxy) is 1. The van der Waals surface area contributed by atoms with E-state index in [1.807, 2.05) is 42.5 Å². The van der Waals surface area contributed by atoms with Crippen LogP contribution >= 0.6 is 23.4 Å². The lowest BCUT2D eigenvalue weighted by Gasteiger charge is -2.09. The second-order valence-electron chi connectivity index (χ2n) is 4.14. The molecule has 0 saturated carbocycles. The fourth-order valence-electron chi connectivity index (χ4n) is 1.78. The zero-order valence-electron chi connectivity index (χ0n) is 10.8. The Labute approximate surface area is 126 Å². The molecule has 102 valence electrons. The van der Waals surface area contributed by atoms with Gasteiger partial charge in [0.05, 0.1) is 5.75 Å². The van der Waals surface area contributed by atoms with Crippen LogP contribution < -0.4 is 0 Å². The summed E-state index contributed by atoms with van der Waals surface area (Å²) in [5.74, 6) is -0.260. The smallest absolute Gasteiger partial charge is 0.317 e. The normalized spacial score (nSPS) is 11.8. The molecule has 0 radical (unpaired) electrons. The van der Waals surface area contributed by atoms with Gasteiger partial charge < -0.3 is 4.74 Å². The van der Waals surface area contributed by atoms with Gasteiger partial charge in [0.2, 0.25) is 0 Å². The molecule has 2 aromatic rings. The molecule has 0 heterocycles. The summed E-state index contributed by atoms with van der Waals surface area (Å²) >= 11 is 7.57. The molecular formula is C15H12ClNO2S. The summed E-state index contributed by atoms with van der Waals surface area (Å²) in [5.41, 5.74) is 0. The molecule has 0 fully saturated rings. The van der Waals surface area contributed by atoms with E-state index in [4.69, 9.17) is 21.6 Å². The number of esters is 1. The number of carbonyl (C=O) groups excluding carboxylic acids is 1. The standard InChI is InChI=1S/C15H12ClNO2S/c1-10(8-17)19-14(18)9-20-13-7-3-5-11-4-2-6-12(16)15(11)13/h2-7,10H,9H2,1H3/t10-/m0/s1. The molecule has 2 aromatic carbocycles. The summed E-state index contributed by atoms with van der Waals surface area (Å²) in [6, 6.07) is 13.4. The van der Waals surface area contributed by atoms with Gasteiger partial charge in [0.1, 0.15) is 6.07 Å². The Bertz CT molecular complexity index is 676. The van der Waals surface area contributed by atoms with Crippen molar-refractivity contribution in [3.05, 3.63) is 41.4 Å². The van der Waals surface area contributed by atoms with E-state index in [0.717, 1.165) is 15.7 Å². The third-order valence-corrected chi connectivity index (χ3v) is 4.00. The highest BCUT2D eigenvalue weighted by Gasteiger charge is 2.11. The number of nitrogens with zero attached hydrogens (tertiary/aromatic N) is 1. The van der Waals surface area contributed by atoms with Gasteiger partial charge in [-0.25, -0.2) is 0 Å². The fraction of sp³-hybridized carbons (Fsp3) is 0.200. The lowest BCUT2D eigenvalue weighted by atomic mass is 10.1. The van der Waals surface area contributed by atoms with Crippen LogP contribution in [0, 0.1) is 11.3 Å². The molecular weight excluding hydrogens is 294 g/mol. The predicted octanol–water partition coefficient (Wildman–Crippen LogP) is 4.04. The lowest BCUT2D eigenvalue weighted by Crippen LogP contribution is -2.14. The average Bonchev–Trinajstić information content (AvgIpc) is 2.45. The largest absolute Gasteiger partial charge is 0.447 e. The van der Waals surface area contributed by atoms with E-state index in [2.05, 4.69) is 0 Å². The van der Waals surface area contributed by atoms with Crippen molar-refractivity contribution >= 4 is 40.1 Å². The number of carbonyl (C=O) groups is 1. The summed E-state index contributed by atoms with van der Waals surface area (Å²) in [4.78, 5) is 12.5. The molecule has 0 aliphatic heterocycles. The minimum absolute atomic E-state index is 0.149. The van der Waals surface area contributed by atoms with Crippen molar-refractivity contribution in [2.45, 2.75) is 17.9 Å². The van der Waals surface area contributed by atoms with E-state index in [1.54, 1.807) is 0 Å². The van der Waals surface area contributed by atoms with Crippen LogP contribution in [-0.4, -0.2) is 17.8 Å². The SMILES string of the molecule is C[C@@H](C#N)OC(=O)CSc1cccc2cccc(Cl)c12. The number of nitriles is 1. The summed E-state index contributed by atoms with van der Waals surface area (Å²) in [6.07, 6.45) is -0.723. The molecule has 20 heavy (non-hydrogen) atoms. The molecule has 0 aliphatic rings. The van der Waals surface area contributed by atoms with Gasteiger partial charge in [-0.3, -0.25) is 4.79 Å². The number of thioether (sulfide) groups is 1. The third-order valence-electron chi connectivity index (χ3n) is 2.65. The maximum atomic E-state index is 11.6. The van der Waals surface area contributed by atoms with Crippen LogP contribution in [0.15, 0.2) is 41.3 Å². The van der Waals surface area contributed by atoms with Gasteiger partial charge in [0.15, 0.2) is 6.10 Å². The quantitative estimate of drug-likeness (QED) is 0.632. The molecule has 1 atom stereocenters. The Morgan fingerprint density at radius 1 is 1.40 bits per heavy atom. The van der Waals surface area contributed by atoms with Crippen LogP contribution in [0.1, 0.15) is 6.92 Å². The first-order valence-corrected chi connectivity index (χ1v) is 7.37. The van der Waals surface area contributed by atoms with Crippen LogP contribution in [0.2, 0.25) is 5.02 Å². The first-order valence-electron chi connectivity index (χ1n) is 6.01. The molecule has 0 N–H and O–H groups in total. The highest BCUT2D eigenvalue weighted by Crippen LogP contribution is 2.33. The number of benzene rings is 2. The van der Waals surface area contributed by atoms with Gasteiger partial charge in [-0.05, 0) is 24.4 Å². The number of rotatable bonds is 4. The van der Waals surface area contributed by atoms with Crippen molar-refractivity contribution in [2.24, 2.45) is 0 Å². The maximum Gasteiger partial charge on any atom is 0.317 e. The van der Waals surface area contributed by atoms with E-state index in [0.29, 0.717) is 5.02 Å². The Kier molecular flexibility index (Phi) is 4.89. The molecule has 0 spiro atoms. The second kappa shape index (κ2) is 6.65. The monoisotopic (exact) mass is 305 g/mol. The van der Waals surface area contributed by atoms with Crippen molar-refractivity contribution in [3.8, 4) is 6.07 Å². The number of halogens is 1. The van der Waals surface area contributed by atoms with Crippen LogP contribution in [0.3, 0.4) is 0 Å². The van der Waals surface area contributed by atoms with Crippen molar-refractivity contribution in [3.63, 3.8) is 0 Å². The van der Waals surface area contributed by atoms with Crippen LogP contribution in [0.25, 0.3) is 10.8 Å². The van der Waals surface area contributed by atoms with E-state index in [9.17, 15) is 4.79 Å². The zero-order chi connectivity index (χ0) is 14.5. The van der Waals surface area contributed by atoms with Crippen LogP contribution in [0.5, 0.6) is 0 Å².